The monoisotopic (exact) mass is 246 g/mol. The molecule has 0 amide bonds. The van der Waals surface area contributed by atoms with Gasteiger partial charge in [0.2, 0.25) is 0 Å². The van der Waals surface area contributed by atoms with E-state index in [1.807, 2.05) is 13.0 Å². The van der Waals surface area contributed by atoms with Gasteiger partial charge in [-0.2, -0.15) is 0 Å². The van der Waals surface area contributed by atoms with Gasteiger partial charge in [-0.05, 0) is 45.7 Å². The summed E-state index contributed by atoms with van der Waals surface area (Å²) in [5.74, 6) is 1.56. The molecule has 1 aromatic rings. The van der Waals surface area contributed by atoms with Gasteiger partial charge >= 0.3 is 0 Å². The molecule has 2 atom stereocenters. The van der Waals surface area contributed by atoms with Gasteiger partial charge in [-0.15, -0.1) is 0 Å². The smallest absolute Gasteiger partial charge is 0.132 e. The fourth-order valence-electron chi connectivity index (χ4n) is 3.57. The van der Waals surface area contributed by atoms with E-state index in [2.05, 4.69) is 21.9 Å². The van der Waals surface area contributed by atoms with Crippen LogP contribution in [0.1, 0.15) is 48.8 Å². The third-order valence-electron chi connectivity index (χ3n) is 4.60. The SMILES string of the molecule is Cc1cc(CN)nc(C2CC3CCC(C2)N3C)n1. The number of aryl methyl sites for hydroxylation is 1. The molecular formula is C14H22N4. The van der Waals surface area contributed by atoms with E-state index < -0.39 is 0 Å². The Morgan fingerprint density at radius 1 is 1.28 bits per heavy atom. The summed E-state index contributed by atoms with van der Waals surface area (Å²) in [6.07, 6.45) is 5.10. The summed E-state index contributed by atoms with van der Waals surface area (Å²) in [7, 11) is 2.26. The quantitative estimate of drug-likeness (QED) is 0.861. The van der Waals surface area contributed by atoms with Crippen LogP contribution in [0.4, 0.5) is 0 Å². The number of nitrogens with zero attached hydrogens (tertiary/aromatic N) is 3. The van der Waals surface area contributed by atoms with Crippen molar-refractivity contribution in [3.63, 3.8) is 0 Å². The molecule has 2 unspecified atom stereocenters. The third-order valence-corrected chi connectivity index (χ3v) is 4.60. The molecule has 0 aliphatic carbocycles. The molecule has 2 aliphatic rings. The predicted octanol–water partition coefficient (Wildman–Crippen LogP) is 1.58. The number of piperidine rings is 1. The van der Waals surface area contributed by atoms with Crippen molar-refractivity contribution >= 4 is 0 Å². The lowest BCUT2D eigenvalue weighted by molar-refractivity contribution is 0.158. The van der Waals surface area contributed by atoms with Gasteiger partial charge in [0.05, 0.1) is 5.69 Å². The van der Waals surface area contributed by atoms with Gasteiger partial charge in [0.1, 0.15) is 5.82 Å². The molecule has 18 heavy (non-hydrogen) atoms. The lowest BCUT2D eigenvalue weighted by atomic mass is 9.90. The molecule has 2 bridgehead atoms. The maximum absolute atomic E-state index is 5.71. The van der Waals surface area contributed by atoms with Crippen LogP contribution < -0.4 is 5.73 Å². The molecule has 0 aromatic carbocycles. The number of rotatable bonds is 2. The molecule has 3 heterocycles. The summed E-state index contributed by atoms with van der Waals surface area (Å²) in [6.45, 7) is 2.55. The summed E-state index contributed by atoms with van der Waals surface area (Å²) in [5, 5.41) is 0. The highest BCUT2D eigenvalue weighted by atomic mass is 15.2. The zero-order chi connectivity index (χ0) is 12.7. The highest BCUT2D eigenvalue weighted by molar-refractivity contribution is 5.14. The normalized spacial score (nSPS) is 31.8. The van der Waals surface area contributed by atoms with Crippen LogP contribution in [0.15, 0.2) is 6.07 Å². The third kappa shape index (κ3) is 2.04. The Morgan fingerprint density at radius 3 is 2.56 bits per heavy atom. The molecule has 0 spiro atoms. The second kappa shape index (κ2) is 4.59. The number of hydrogen-bond donors (Lipinski definition) is 1. The van der Waals surface area contributed by atoms with E-state index in [0.717, 1.165) is 29.3 Å². The maximum Gasteiger partial charge on any atom is 0.132 e. The van der Waals surface area contributed by atoms with Crippen LogP contribution in [-0.2, 0) is 6.54 Å². The zero-order valence-electron chi connectivity index (χ0n) is 11.3. The maximum atomic E-state index is 5.71. The minimum atomic E-state index is 0.510. The minimum Gasteiger partial charge on any atom is -0.325 e. The van der Waals surface area contributed by atoms with Crippen molar-refractivity contribution in [2.24, 2.45) is 5.73 Å². The first kappa shape index (κ1) is 12.1. The zero-order valence-corrected chi connectivity index (χ0v) is 11.3. The average molecular weight is 246 g/mol. The van der Waals surface area contributed by atoms with Crippen molar-refractivity contribution in [1.82, 2.24) is 14.9 Å². The first-order chi connectivity index (χ1) is 8.67. The van der Waals surface area contributed by atoms with Crippen molar-refractivity contribution in [3.05, 3.63) is 23.3 Å². The van der Waals surface area contributed by atoms with E-state index in [1.165, 1.54) is 25.7 Å². The van der Waals surface area contributed by atoms with Crippen LogP contribution in [-0.4, -0.2) is 34.0 Å². The minimum absolute atomic E-state index is 0.510. The Morgan fingerprint density at radius 2 is 1.94 bits per heavy atom. The van der Waals surface area contributed by atoms with Crippen molar-refractivity contribution in [3.8, 4) is 0 Å². The molecule has 2 N–H and O–H groups in total. The predicted molar refractivity (Wildman–Crippen MR) is 71.2 cm³/mol. The Kier molecular flexibility index (Phi) is 3.08. The number of hydrogen-bond acceptors (Lipinski definition) is 4. The molecule has 1 aromatic heterocycles. The Hall–Kier alpha value is -1.00. The Labute approximate surface area is 109 Å². The number of aromatic nitrogens is 2. The molecule has 3 rings (SSSR count). The highest BCUT2D eigenvalue weighted by Crippen LogP contribution is 2.41. The second-order valence-electron chi connectivity index (χ2n) is 5.78. The Balaban J connectivity index is 1.85. The molecule has 0 saturated carbocycles. The van der Waals surface area contributed by atoms with Crippen molar-refractivity contribution < 1.29 is 0 Å². The van der Waals surface area contributed by atoms with Gasteiger partial charge in [-0.3, -0.25) is 0 Å². The van der Waals surface area contributed by atoms with Crippen LogP contribution in [0.25, 0.3) is 0 Å². The van der Waals surface area contributed by atoms with Gasteiger partial charge in [0, 0.05) is 30.2 Å². The van der Waals surface area contributed by atoms with Crippen molar-refractivity contribution in [2.75, 3.05) is 7.05 Å². The highest BCUT2D eigenvalue weighted by Gasteiger charge is 2.39. The molecular weight excluding hydrogens is 224 g/mol. The van der Waals surface area contributed by atoms with Crippen LogP contribution in [0.5, 0.6) is 0 Å². The summed E-state index contributed by atoms with van der Waals surface area (Å²) in [6, 6.07) is 3.46. The molecule has 2 fully saturated rings. The van der Waals surface area contributed by atoms with E-state index >= 15 is 0 Å². The number of nitrogens with two attached hydrogens (primary N) is 1. The van der Waals surface area contributed by atoms with Crippen LogP contribution in [0.3, 0.4) is 0 Å². The topological polar surface area (TPSA) is 55.0 Å². The Bertz CT molecular complexity index is 431. The fraction of sp³-hybridized carbons (Fsp3) is 0.714. The first-order valence-corrected chi connectivity index (χ1v) is 6.94. The lowest BCUT2D eigenvalue weighted by Gasteiger charge is -2.35. The van der Waals surface area contributed by atoms with E-state index in [4.69, 9.17) is 5.73 Å². The van der Waals surface area contributed by atoms with Gasteiger partial charge in [0.25, 0.3) is 0 Å². The summed E-state index contributed by atoms with van der Waals surface area (Å²) < 4.78 is 0. The second-order valence-corrected chi connectivity index (χ2v) is 5.78. The average Bonchev–Trinajstić information content (AvgIpc) is 2.60. The lowest BCUT2D eigenvalue weighted by Crippen LogP contribution is -2.39. The standard InChI is InChI=1S/C14H22N4/c1-9-5-11(8-15)17-14(16-9)10-6-12-3-4-13(7-10)18(12)2/h5,10,12-13H,3-4,6-8,15H2,1-2H3. The van der Waals surface area contributed by atoms with E-state index in [1.54, 1.807) is 0 Å². The van der Waals surface area contributed by atoms with Crippen molar-refractivity contribution in [1.29, 1.82) is 0 Å². The van der Waals surface area contributed by atoms with Gasteiger partial charge < -0.3 is 10.6 Å². The molecule has 2 aliphatic heterocycles. The largest absolute Gasteiger partial charge is 0.325 e. The molecule has 2 saturated heterocycles. The van der Waals surface area contributed by atoms with Crippen molar-refractivity contribution in [2.45, 2.75) is 57.2 Å². The van der Waals surface area contributed by atoms with E-state index in [-0.39, 0.29) is 0 Å². The van der Waals surface area contributed by atoms with Gasteiger partial charge in [0.15, 0.2) is 0 Å². The molecule has 4 nitrogen and oxygen atoms in total. The first-order valence-electron chi connectivity index (χ1n) is 6.94. The number of fused-ring (bicyclic) bond motifs is 2. The van der Waals surface area contributed by atoms with Crippen LogP contribution in [0, 0.1) is 6.92 Å². The molecule has 98 valence electrons. The summed E-state index contributed by atoms with van der Waals surface area (Å²) >= 11 is 0. The van der Waals surface area contributed by atoms with Gasteiger partial charge in [-0.1, -0.05) is 0 Å². The van der Waals surface area contributed by atoms with E-state index in [0.29, 0.717) is 12.5 Å². The summed E-state index contributed by atoms with van der Waals surface area (Å²) in [4.78, 5) is 11.8. The van der Waals surface area contributed by atoms with Gasteiger partial charge in [-0.25, -0.2) is 9.97 Å². The van der Waals surface area contributed by atoms with Crippen LogP contribution >= 0.6 is 0 Å². The molecule has 0 radical (unpaired) electrons. The molecule has 4 heteroatoms. The van der Waals surface area contributed by atoms with E-state index in [9.17, 15) is 0 Å². The van der Waals surface area contributed by atoms with Crippen LogP contribution in [0.2, 0.25) is 0 Å². The fourth-order valence-corrected chi connectivity index (χ4v) is 3.57. The summed E-state index contributed by atoms with van der Waals surface area (Å²) in [5.41, 5.74) is 7.73.